The van der Waals surface area contributed by atoms with E-state index in [1.54, 1.807) is 0 Å². The van der Waals surface area contributed by atoms with Crippen molar-refractivity contribution < 1.29 is 32.3 Å². The molecule has 162 valence electrons. The molecule has 1 fully saturated rings. The van der Waals surface area contributed by atoms with Crippen molar-refractivity contribution in [1.29, 1.82) is 0 Å². The lowest BCUT2D eigenvalue weighted by molar-refractivity contribution is 0.187. The summed E-state index contributed by atoms with van der Waals surface area (Å²) < 4.78 is 62.1. The number of halogens is 4. The monoisotopic (exact) mass is 424 g/mol. The predicted octanol–water partition coefficient (Wildman–Crippen LogP) is 4.23. The molecule has 3 rings (SSSR count). The molecule has 1 saturated carbocycles. The number of ether oxygens (including phenoxy) is 1. The summed E-state index contributed by atoms with van der Waals surface area (Å²) >= 11 is 0. The molecule has 0 amide bonds. The first-order valence-electron chi connectivity index (χ1n) is 10.3. The fraction of sp³-hybridized carbons (Fsp3) is 0.455. The van der Waals surface area contributed by atoms with Crippen molar-refractivity contribution in [2.24, 2.45) is 5.92 Å². The van der Waals surface area contributed by atoms with E-state index in [2.05, 4.69) is 0 Å². The zero-order valence-corrected chi connectivity index (χ0v) is 16.8. The summed E-state index contributed by atoms with van der Waals surface area (Å²) in [5.74, 6) is -4.25. The van der Waals surface area contributed by atoms with Gasteiger partial charge in [-0.2, -0.15) is 0 Å². The lowest BCUT2D eigenvalue weighted by Crippen LogP contribution is -2.34. The first-order valence-corrected chi connectivity index (χ1v) is 10.3. The zero-order valence-electron chi connectivity index (χ0n) is 16.8. The van der Waals surface area contributed by atoms with Gasteiger partial charge in [-0.15, -0.1) is 0 Å². The molecule has 30 heavy (non-hydrogen) atoms. The molecule has 0 aromatic heterocycles. The number of benzene rings is 2. The number of rotatable bonds is 7. The normalized spacial score (nSPS) is 19.0. The summed E-state index contributed by atoms with van der Waals surface area (Å²) in [6.07, 6.45) is 3.82. The highest BCUT2D eigenvalue weighted by Gasteiger charge is 2.29. The highest BCUT2D eigenvalue weighted by molar-refractivity contribution is 6.58. The van der Waals surface area contributed by atoms with Crippen LogP contribution in [0, 0.1) is 29.2 Å². The minimum atomic E-state index is -2.07. The van der Waals surface area contributed by atoms with Crippen molar-refractivity contribution in [2.45, 2.75) is 51.4 Å². The van der Waals surface area contributed by atoms with Gasteiger partial charge in [0, 0.05) is 5.46 Å². The average molecular weight is 424 g/mol. The molecule has 2 N–H and O–H groups in total. The smallest absolute Gasteiger partial charge is 0.487 e. The van der Waals surface area contributed by atoms with Gasteiger partial charge in [0.15, 0.2) is 29.0 Å². The molecule has 1 aliphatic carbocycles. The maximum absolute atomic E-state index is 14.3. The van der Waals surface area contributed by atoms with Gasteiger partial charge in [0.2, 0.25) is 0 Å². The van der Waals surface area contributed by atoms with Crippen molar-refractivity contribution in [3.63, 3.8) is 0 Å². The predicted molar refractivity (Wildman–Crippen MR) is 107 cm³/mol. The Morgan fingerprint density at radius 2 is 1.60 bits per heavy atom. The molecule has 0 heterocycles. The van der Waals surface area contributed by atoms with Gasteiger partial charge >= 0.3 is 7.12 Å². The molecule has 1 aliphatic rings. The molecule has 0 atom stereocenters. The zero-order chi connectivity index (χ0) is 21.8. The van der Waals surface area contributed by atoms with Crippen LogP contribution in [-0.4, -0.2) is 23.8 Å². The third-order valence-electron chi connectivity index (χ3n) is 5.77. The van der Waals surface area contributed by atoms with Crippen LogP contribution in [0.4, 0.5) is 17.6 Å². The summed E-state index contributed by atoms with van der Waals surface area (Å²) in [5.41, 5.74) is 0.307. The van der Waals surface area contributed by atoms with E-state index in [0.717, 1.165) is 6.42 Å². The van der Waals surface area contributed by atoms with E-state index in [1.165, 1.54) is 24.3 Å². The van der Waals surface area contributed by atoms with Crippen LogP contribution in [0.1, 0.15) is 56.1 Å². The van der Waals surface area contributed by atoms with Crippen molar-refractivity contribution in [1.82, 2.24) is 0 Å². The first kappa shape index (κ1) is 22.6. The topological polar surface area (TPSA) is 49.7 Å². The molecule has 0 unspecified atom stereocenters. The molecule has 0 radical (unpaired) electrons. The van der Waals surface area contributed by atoms with Crippen molar-refractivity contribution in [3.05, 3.63) is 58.7 Å². The Morgan fingerprint density at radius 1 is 0.967 bits per heavy atom. The fourth-order valence-electron chi connectivity index (χ4n) is 4.12. The second-order valence-corrected chi connectivity index (χ2v) is 7.91. The minimum Gasteiger partial charge on any atom is -0.487 e. The van der Waals surface area contributed by atoms with Crippen LogP contribution in [0.5, 0.6) is 5.75 Å². The lowest BCUT2D eigenvalue weighted by Gasteiger charge is -2.29. The number of aryl methyl sites for hydroxylation is 1. The highest BCUT2D eigenvalue weighted by Crippen LogP contribution is 2.37. The summed E-state index contributed by atoms with van der Waals surface area (Å²) in [5, 5.41) is 18.2. The van der Waals surface area contributed by atoms with Crippen LogP contribution < -0.4 is 10.2 Å². The minimum absolute atomic E-state index is 0.0572. The lowest BCUT2D eigenvalue weighted by atomic mass is 9.75. The van der Waals surface area contributed by atoms with E-state index >= 15 is 0 Å². The maximum Gasteiger partial charge on any atom is 0.491 e. The Bertz CT molecular complexity index is 860. The number of hydrogen-bond donors (Lipinski definition) is 2. The van der Waals surface area contributed by atoms with Gasteiger partial charge in [0.1, 0.15) is 0 Å². The Balaban J connectivity index is 1.59. The van der Waals surface area contributed by atoms with Gasteiger partial charge in [0.25, 0.3) is 0 Å². The molecule has 8 heteroatoms. The molecule has 0 aliphatic heterocycles. The summed E-state index contributed by atoms with van der Waals surface area (Å²) in [7, 11) is -2.07. The van der Waals surface area contributed by atoms with Gasteiger partial charge in [-0.05, 0) is 67.2 Å². The SMILES string of the molecule is CCCc1cc(F)c(OCC2CCC(c3ccc(B(O)O)c(F)c3F)CC2)c(F)c1. The standard InChI is InChI=1S/C22H25BF4O3/c1-2-3-14-10-18(24)22(19(25)11-14)30-12-13-4-6-15(7-5-13)16-8-9-17(23(28)29)21(27)20(16)26/h8-11,13,15,28-29H,2-7,12H2,1H3. The Kier molecular flexibility index (Phi) is 7.42. The van der Waals surface area contributed by atoms with Crippen LogP contribution >= 0.6 is 0 Å². The fourth-order valence-corrected chi connectivity index (χ4v) is 4.12. The average Bonchev–Trinajstić information content (AvgIpc) is 2.70. The van der Waals surface area contributed by atoms with Crippen molar-refractivity contribution in [2.75, 3.05) is 6.61 Å². The number of hydrogen-bond acceptors (Lipinski definition) is 3. The van der Waals surface area contributed by atoms with E-state index in [-0.39, 0.29) is 29.8 Å². The van der Waals surface area contributed by atoms with Crippen LogP contribution in [-0.2, 0) is 6.42 Å². The summed E-state index contributed by atoms with van der Waals surface area (Å²) in [6, 6.07) is 5.16. The third kappa shape index (κ3) is 4.98. The van der Waals surface area contributed by atoms with Gasteiger partial charge < -0.3 is 14.8 Å². The maximum atomic E-state index is 14.3. The summed E-state index contributed by atoms with van der Waals surface area (Å²) in [6.45, 7) is 2.08. The molecule has 3 nitrogen and oxygen atoms in total. The quantitative estimate of drug-likeness (QED) is 0.517. The highest BCUT2D eigenvalue weighted by atomic mass is 19.2. The van der Waals surface area contributed by atoms with Gasteiger partial charge in [-0.3, -0.25) is 0 Å². The third-order valence-corrected chi connectivity index (χ3v) is 5.77. The van der Waals surface area contributed by atoms with Crippen LogP contribution in [0.2, 0.25) is 0 Å². The van der Waals surface area contributed by atoms with Crippen molar-refractivity contribution >= 4 is 12.6 Å². The second kappa shape index (κ2) is 9.83. The van der Waals surface area contributed by atoms with Gasteiger partial charge in [0.05, 0.1) is 6.61 Å². The molecular weight excluding hydrogens is 399 g/mol. The van der Waals surface area contributed by atoms with E-state index in [9.17, 15) is 17.6 Å². The molecule has 0 saturated heterocycles. The van der Waals surface area contributed by atoms with Gasteiger partial charge in [-0.1, -0.05) is 25.5 Å². The van der Waals surface area contributed by atoms with Gasteiger partial charge in [-0.25, -0.2) is 17.6 Å². The molecule has 0 spiro atoms. The van der Waals surface area contributed by atoms with E-state index in [1.807, 2.05) is 6.92 Å². The molecule has 2 aromatic carbocycles. The van der Waals surface area contributed by atoms with Crippen LogP contribution in [0.25, 0.3) is 0 Å². The largest absolute Gasteiger partial charge is 0.491 e. The Hall–Kier alpha value is -2.06. The van der Waals surface area contributed by atoms with Crippen LogP contribution in [0.3, 0.4) is 0 Å². The molecule has 2 aromatic rings. The van der Waals surface area contributed by atoms with E-state index in [4.69, 9.17) is 14.8 Å². The Morgan fingerprint density at radius 3 is 2.17 bits per heavy atom. The first-order chi connectivity index (χ1) is 14.3. The van der Waals surface area contributed by atoms with Crippen LogP contribution in [0.15, 0.2) is 24.3 Å². The van der Waals surface area contributed by atoms with Crippen molar-refractivity contribution in [3.8, 4) is 5.75 Å². The summed E-state index contributed by atoms with van der Waals surface area (Å²) in [4.78, 5) is 0. The molecule has 0 bridgehead atoms. The molecular formula is C22H25BF4O3. The van der Waals surface area contributed by atoms with E-state index < -0.39 is 35.9 Å². The van der Waals surface area contributed by atoms with E-state index in [0.29, 0.717) is 37.7 Å². The Labute approximate surface area is 173 Å². The second-order valence-electron chi connectivity index (χ2n) is 7.91.